The highest BCUT2D eigenvalue weighted by molar-refractivity contribution is 14.0. The molecule has 8 heteroatoms. The number of halogens is 1. The van der Waals surface area contributed by atoms with Gasteiger partial charge in [0.2, 0.25) is 5.91 Å². The van der Waals surface area contributed by atoms with Crippen LogP contribution in [0.4, 0.5) is 0 Å². The van der Waals surface area contributed by atoms with Crippen molar-refractivity contribution in [2.45, 2.75) is 59.5 Å². The second-order valence-electron chi connectivity index (χ2n) is 6.56. The lowest BCUT2D eigenvalue weighted by molar-refractivity contribution is -0.121. The van der Waals surface area contributed by atoms with Crippen LogP contribution in [0.5, 0.6) is 11.5 Å². The van der Waals surface area contributed by atoms with Crippen molar-refractivity contribution in [2.75, 3.05) is 26.8 Å². The second kappa shape index (κ2) is 15.2. The Bertz CT molecular complexity index is 640. The maximum Gasteiger partial charge on any atom is 0.221 e. The van der Waals surface area contributed by atoms with E-state index >= 15 is 0 Å². The monoisotopic (exact) mass is 520 g/mol. The first-order valence-electron chi connectivity index (χ1n) is 10.1. The van der Waals surface area contributed by atoms with Crippen molar-refractivity contribution < 1.29 is 14.3 Å². The molecule has 0 saturated heterocycles. The quantitative estimate of drug-likeness (QED) is 0.236. The van der Waals surface area contributed by atoms with Gasteiger partial charge in [0, 0.05) is 26.1 Å². The van der Waals surface area contributed by atoms with Gasteiger partial charge < -0.3 is 25.4 Å². The lowest BCUT2D eigenvalue weighted by atomic mass is 10.1. The highest BCUT2D eigenvalue weighted by Gasteiger charge is 2.13. The van der Waals surface area contributed by atoms with Gasteiger partial charge in [-0.1, -0.05) is 13.0 Å². The number of benzene rings is 1. The molecule has 1 rings (SSSR count). The third kappa shape index (κ3) is 10.0. The molecule has 0 heterocycles. The van der Waals surface area contributed by atoms with Gasteiger partial charge in [-0.25, -0.2) is 0 Å². The largest absolute Gasteiger partial charge is 0.490 e. The van der Waals surface area contributed by atoms with E-state index in [-0.39, 0.29) is 42.0 Å². The van der Waals surface area contributed by atoms with Crippen molar-refractivity contribution in [3.05, 3.63) is 23.8 Å². The van der Waals surface area contributed by atoms with E-state index in [2.05, 4.69) is 20.9 Å². The molecule has 2 unspecified atom stereocenters. The zero-order chi connectivity index (χ0) is 20.9. The Labute approximate surface area is 192 Å². The number of rotatable bonds is 11. The summed E-state index contributed by atoms with van der Waals surface area (Å²) in [6.07, 6.45) is 1.32. The van der Waals surface area contributed by atoms with Crippen LogP contribution in [-0.4, -0.2) is 44.7 Å². The third-order valence-electron chi connectivity index (χ3n) is 4.31. The van der Waals surface area contributed by atoms with Crippen LogP contribution in [0.3, 0.4) is 0 Å². The third-order valence-corrected chi connectivity index (χ3v) is 4.31. The Kier molecular flexibility index (Phi) is 14.3. The molecule has 0 saturated carbocycles. The van der Waals surface area contributed by atoms with Gasteiger partial charge in [-0.2, -0.15) is 0 Å². The summed E-state index contributed by atoms with van der Waals surface area (Å²) in [5.74, 6) is 2.17. The molecule has 0 fully saturated rings. The fourth-order valence-corrected chi connectivity index (χ4v) is 2.56. The number of carbonyl (C=O) groups is 1. The average molecular weight is 520 g/mol. The van der Waals surface area contributed by atoms with Crippen LogP contribution in [0.2, 0.25) is 0 Å². The predicted octanol–water partition coefficient (Wildman–Crippen LogP) is 3.63. The SMILES string of the molecule is CCOc1ccc(C(C)NC(=NC)NCCC(=O)NC(C)CC)cc1OCC.I. The van der Waals surface area contributed by atoms with Gasteiger partial charge in [0.25, 0.3) is 0 Å². The first kappa shape index (κ1) is 27.3. The smallest absolute Gasteiger partial charge is 0.221 e. The average Bonchev–Trinajstić information content (AvgIpc) is 2.68. The van der Waals surface area contributed by atoms with Gasteiger partial charge >= 0.3 is 0 Å². The molecule has 29 heavy (non-hydrogen) atoms. The number of aliphatic imine (C=N–C) groups is 1. The molecular weight excluding hydrogens is 483 g/mol. The first-order valence-corrected chi connectivity index (χ1v) is 10.1. The van der Waals surface area contributed by atoms with Crippen LogP contribution in [0.25, 0.3) is 0 Å². The molecule has 7 nitrogen and oxygen atoms in total. The van der Waals surface area contributed by atoms with E-state index in [0.717, 1.165) is 23.5 Å². The van der Waals surface area contributed by atoms with Crippen molar-refractivity contribution >= 4 is 35.8 Å². The fraction of sp³-hybridized carbons (Fsp3) is 0.619. The lowest BCUT2D eigenvalue weighted by Gasteiger charge is -2.20. The topological polar surface area (TPSA) is 84.0 Å². The van der Waals surface area contributed by atoms with Gasteiger partial charge in [-0.15, -0.1) is 24.0 Å². The van der Waals surface area contributed by atoms with Crippen molar-refractivity contribution in [2.24, 2.45) is 4.99 Å². The Balaban J connectivity index is 0.00000784. The van der Waals surface area contributed by atoms with Crippen LogP contribution in [0.15, 0.2) is 23.2 Å². The first-order chi connectivity index (χ1) is 13.4. The van der Waals surface area contributed by atoms with E-state index in [0.29, 0.717) is 32.1 Å². The minimum atomic E-state index is 0. The molecule has 1 aromatic rings. The molecule has 1 amide bonds. The van der Waals surface area contributed by atoms with E-state index in [1.54, 1.807) is 7.05 Å². The number of hydrogen-bond donors (Lipinski definition) is 3. The Morgan fingerprint density at radius 3 is 2.31 bits per heavy atom. The number of nitrogens with zero attached hydrogens (tertiary/aromatic N) is 1. The molecular formula is C21H37IN4O3. The predicted molar refractivity (Wildman–Crippen MR) is 130 cm³/mol. The number of amides is 1. The molecule has 166 valence electrons. The number of nitrogens with one attached hydrogen (secondary N) is 3. The lowest BCUT2D eigenvalue weighted by Crippen LogP contribution is -2.41. The minimum Gasteiger partial charge on any atom is -0.490 e. The number of guanidine groups is 1. The Morgan fingerprint density at radius 2 is 1.72 bits per heavy atom. The highest BCUT2D eigenvalue weighted by Crippen LogP contribution is 2.30. The van der Waals surface area contributed by atoms with Crippen molar-refractivity contribution in [1.29, 1.82) is 0 Å². The number of ether oxygens (including phenoxy) is 2. The summed E-state index contributed by atoms with van der Waals surface area (Å²) >= 11 is 0. The maximum atomic E-state index is 11.9. The summed E-state index contributed by atoms with van der Waals surface area (Å²) < 4.78 is 11.3. The van der Waals surface area contributed by atoms with Gasteiger partial charge in [0.05, 0.1) is 19.3 Å². The molecule has 3 N–H and O–H groups in total. The van der Waals surface area contributed by atoms with Gasteiger partial charge in [-0.3, -0.25) is 9.79 Å². The van der Waals surface area contributed by atoms with Crippen LogP contribution < -0.4 is 25.4 Å². The summed E-state index contributed by atoms with van der Waals surface area (Å²) in [6, 6.07) is 6.13. The molecule has 0 aromatic heterocycles. The van der Waals surface area contributed by atoms with Crippen LogP contribution in [0, 0.1) is 0 Å². The van der Waals surface area contributed by atoms with Gasteiger partial charge in [-0.05, 0) is 51.8 Å². The molecule has 0 radical (unpaired) electrons. The summed E-state index contributed by atoms with van der Waals surface area (Å²) in [7, 11) is 1.71. The van der Waals surface area contributed by atoms with Gasteiger partial charge in [0.1, 0.15) is 0 Å². The molecule has 2 atom stereocenters. The van der Waals surface area contributed by atoms with E-state index in [4.69, 9.17) is 9.47 Å². The van der Waals surface area contributed by atoms with Crippen molar-refractivity contribution in [1.82, 2.24) is 16.0 Å². The van der Waals surface area contributed by atoms with E-state index in [1.807, 2.05) is 52.8 Å². The summed E-state index contributed by atoms with van der Waals surface area (Å²) in [4.78, 5) is 16.1. The maximum absolute atomic E-state index is 11.9. The molecule has 0 spiro atoms. The fourth-order valence-electron chi connectivity index (χ4n) is 2.56. The van der Waals surface area contributed by atoms with Crippen LogP contribution >= 0.6 is 24.0 Å². The summed E-state index contributed by atoms with van der Waals surface area (Å²) in [5, 5.41) is 9.48. The Hall–Kier alpha value is -1.71. The molecule has 0 aliphatic heterocycles. The van der Waals surface area contributed by atoms with Gasteiger partial charge in [0.15, 0.2) is 17.5 Å². The minimum absolute atomic E-state index is 0. The summed E-state index contributed by atoms with van der Waals surface area (Å²) in [6.45, 7) is 11.7. The zero-order valence-corrected chi connectivity index (χ0v) is 20.8. The molecule has 0 aliphatic rings. The second-order valence-corrected chi connectivity index (χ2v) is 6.56. The molecule has 0 bridgehead atoms. The molecule has 1 aromatic carbocycles. The van der Waals surface area contributed by atoms with Crippen LogP contribution in [-0.2, 0) is 4.79 Å². The van der Waals surface area contributed by atoms with Crippen LogP contribution in [0.1, 0.15) is 59.1 Å². The van der Waals surface area contributed by atoms with E-state index in [9.17, 15) is 4.79 Å². The van der Waals surface area contributed by atoms with E-state index in [1.165, 1.54) is 0 Å². The normalized spacial score (nSPS) is 13.0. The highest BCUT2D eigenvalue weighted by atomic mass is 127. The zero-order valence-electron chi connectivity index (χ0n) is 18.5. The van der Waals surface area contributed by atoms with E-state index < -0.39 is 0 Å². The standard InChI is InChI=1S/C21H36N4O3.HI/c1-7-15(4)24-20(26)12-13-23-21(22-6)25-16(5)17-10-11-18(27-8-2)19(14-17)28-9-3;/h10-11,14-16H,7-9,12-13H2,1-6H3,(H,24,26)(H2,22,23,25);1H. The van der Waals surface area contributed by atoms with Crippen molar-refractivity contribution in [3.63, 3.8) is 0 Å². The number of hydrogen-bond acceptors (Lipinski definition) is 4. The Morgan fingerprint density at radius 1 is 1.07 bits per heavy atom. The molecule has 0 aliphatic carbocycles. The van der Waals surface area contributed by atoms with Crippen molar-refractivity contribution in [3.8, 4) is 11.5 Å². The number of carbonyl (C=O) groups excluding carboxylic acids is 1. The summed E-state index contributed by atoms with van der Waals surface area (Å²) in [5.41, 5.74) is 1.06.